The van der Waals surface area contributed by atoms with Crippen LogP contribution in [0.2, 0.25) is 0 Å². The SMILES string of the molecule is COc1cc(F)c(-c2c(F)ccc(C(=O)Nc3cnccc3OCCCN)c2F)c(F)c1. The van der Waals surface area contributed by atoms with E-state index >= 15 is 4.39 Å². The van der Waals surface area contributed by atoms with Crippen molar-refractivity contribution in [3.05, 3.63) is 71.6 Å². The van der Waals surface area contributed by atoms with Crippen LogP contribution in [0.4, 0.5) is 23.2 Å². The minimum absolute atomic E-state index is 0.126. The van der Waals surface area contributed by atoms with E-state index in [1.165, 1.54) is 25.6 Å². The molecule has 3 aromatic rings. The lowest BCUT2D eigenvalue weighted by Gasteiger charge is -2.14. The number of benzene rings is 2. The number of pyridine rings is 1. The lowest BCUT2D eigenvalue weighted by Crippen LogP contribution is -2.16. The second-order valence-electron chi connectivity index (χ2n) is 6.57. The van der Waals surface area contributed by atoms with Crippen LogP contribution in [0.5, 0.6) is 11.5 Å². The standard InChI is InChI=1S/C22H19F4N3O3/c1-31-12-9-15(24)19(16(25)10-12)20-14(23)4-3-13(21(20)26)22(30)29-17-11-28-7-5-18(17)32-8-2-6-27/h3-5,7,9-11H,2,6,8,27H2,1H3,(H,29,30). The van der Waals surface area contributed by atoms with Crippen LogP contribution in [-0.4, -0.2) is 31.2 Å². The van der Waals surface area contributed by atoms with E-state index in [9.17, 15) is 18.0 Å². The Morgan fingerprint density at radius 1 is 1.06 bits per heavy atom. The number of aromatic nitrogens is 1. The average molecular weight is 449 g/mol. The number of carbonyl (C=O) groups excluding carboxylic acids is 1. The second-order valence-corrected chi connectivity index (χ2v) is 6.57. The van der Waals surface area contributed by atoms with E-state index in [1.807, 2.05) is 0 Å². The summed E-state index contributed by atoms with van der Waals surface area (Å²) in [7, 11) is 1.19. The van der Waals surface area contributed by atoms with Crippen molar-refractivity contribution in [1.82, 2.24) is 4.98 Å². The van der Waals surface area contributed by atoms with Gasteiger partial charge >= 0.3 is 0 Å². The molecular formula is C22H19F4N3O3. The van der Waals surface area contributed by atoms with Gasteiger partial charge in [0.25, 0.3) is 5.91 Å². The van der Waals surface area contributed by atoms with Crippen molar-refractivity contribution in [2.24, 2.45) is 5.73 Å². The third kappa shape index (κ3) is 4.80. The van der Waals surface area contributed by atoms with E-state index in [0.717, 1.165) is 24.3 Å². The van der Waals surface area contributed by atoms with Gasteiger partial charge in [-0.3, -0.25) is 9.78 Å². The van der Waals surface area contributed by atoms with Crippen molar-refractivity contribution in [1.29, 1.82) is 0 Å². The van der Waals surface area contributed by atoms with Gasteiger partial charge in [-0.2, -0.15) is 0 Å². The Morgan fingerprint density at radius 3 is 2.44 bits per heavy atom. The van der Waals surface area contributed by atoms with E-state index < -0.39 is 45.9 Å². The number of nitrogens with one attached hydrogen (secondary N) is 1. The summed E-state index contributed by atoms with van der Waals surface area (Å²) in [5.41, 5.74) is 2.95. The maximum atomic E-state index is 15.1. The van der Waals surface area contributed by atoms with E-state index in [1.54, 1.807) is 0 Å². The minimum Gasteiger partial charge on any atom is -0.497 e. The third-order valence-corrected chi connectivity index (χ3v) is 4.47. The summed E-state index contributed by atoms with van der Waals surface area (Å²) in [6.45, 7) is 0.670. The van der Waals surface area contributed by atoms with E-state index in [0.29, 0.717) is 13.0 Å². The predicted molar refractivity (Wildman–Crippen MR) is 110 cm³/mol. The molecule has 1 amide bonds. The van der Waals surface area contributed by atoms with Crippen molar-refractivity contribution in [2.45, 2.75) is 6.42 Å². The van der Waals surface area contributed by atoms with Crippen molar-refractivity contribution >= 4 is 11.6 Å². The van der Waals surface area contributed by atoms with Crippen LogP contribution in [0.15, 0.2) is 42.7 Å². The molecular weight excluding hydrogens is 430 g/mol. The molecule has 0 bridgehead atoms. The quantitative estimate of drug-likeness (QED) is 0.396. The summed E-state index contributed by atoms with van der Waals surface area (Å²) in [4.78, 5) is 16.6. The first kappa shape index (κ1) is 23.0. The number of methoxy groups -OCH3 is 1. The molecule has 0 atom stereocenters. The largest absolute Gasteiger partial charge is 0.497 e. The number of ether oxygens (including phenoxy) is 2. The normalized spacial score (nSPS) is 10.7. The van der Waals surface area contributed by atoms with E-state index in [4.69, 9.17) is 15.2 Å². The van der Waals surface area contributed by atoms with Crippen LogP contribution in [-0.2, 0) is 0 Å². The Morgan fingerprint density at radius 2 is 1.78 bits per heavy atom. The molecule has 1 aromatic heterocycles. The minimum atomic E-state index is -1.43. The fourth-order valence-electron chi connectivity index (χ4n) is 2.92. The van der Waals surface area contributed by atoms with Gasteiger partial charge in [0.2, 0.25) is 0 Å². The van der Waals surface area contributed by atoms with Crippen LogP contribution < -0.4 is 20.5 Å². The van der Waals surface area contributed by atoms with Crippen LogP contribution in [0.25, 0.3) is 11.1 Å². The van der Waals surface area contributed by atoms with Gasteiger partial charge in [0.1, 0.15) is 40.5 Å². The predicted octanol–water partition coefficient (Wildman–Crippen LogP) is 4.29. The highest BCUT2D eigenvalue weighted by atomic mass is 19.1. The second kappa shape index (κ2) is 10.1. The number of halogens is 4. The first-order chi connectivity index (χ1) is 15.4. The zero-order valence-corrected chi connectivity index (χ0v) is 16.9. The molecule has 0 saturated heterocycles. The molecule has 2 aromatic carbocycles. The fourth-order valence-corrected chi connectivity index (χ4v) is 2.92. The van der Waals surface area contributed by atoms with Crippen molar-refractivity contribution in [3.8, 4) is 22.6 Å². The topological polar surface area (TPSA) is 86.5 Å². The molecule has 6 nitrogen and oxygen atoms in total. The maximum absolute atomic E-state index is 15.1. The molecule has 0 saturated carbocycles. The molecule has 3 N–H and O–H groups in total. The monoisotopic (exact) mass is 449 g/mol. The van der Waals surface area contributed by atoms with Gasteiger partial charge < -0.3 is 20.5 Å². The summed E-state index contributed by atoms with van der Waals surface area (Å²) in [6, 6.07) is 4.67. The molecule has 168 valence electrons. The van der Waals surface area contributed by atoms with E-state index in [2.05, 4.69) is 10.3 Å². The molecule has 1 heterocycles. The number of hydrogen-bond donors (Lipinski definition) is 2. The summed E-state index contributed by atoms with van der Waals surface area (Å²) < 4.78 is 68.7. The number of anilines is 1. The average Bonchev–Trinajstić information content (AvgIpc) is 2.76. The van der Waals surface area contributed by atoms with Crippen molar-refractivity contribution in [2.75, 3.05) is 25.6 Å². The van der Waals surface area contributed by atoms with Gasteiger partial charge in [-0.1, -0.05) is 0 Å². The molecule has 10 heteroatoms. The molecule has 0 unspecified atom stereocenters. The molecule has 32 heavy (non-hydrogen) atoms. The van der Waals surface area contributed by atoms with Gasteiger partial charge in [0.15, 0.2) is 0 Å². The Kier molecular flexibility index (Phi) is 7.26. The summed E-state index contributed by atoms with van der Waals surface area (Å²) in [6.07, 6.45) is 3.27. The zero-order chi connectivity index (χ0) is 23.3. The highest BCUT2D eigenvalue weighted by molar-refractivity contribution is 6.06. The third-order valence-electron chi connectivity index (χ3n) is 4.47. The van der Waals surface area contributed by atoms with Gasteiger partial charge in [-0.25, -0.2) is 17.6 Å². The molecule has 3 rings (SSSR count). The maximum Gasteiger partial charge on any atom is 0.258 e. The molecule has 0 aliphatic heterocycles. The molecule has 0 fully saturated rings. The first-order valence-electron chi connectivity index (χ1n) is 9.47. The number of nitrogens with zero attached hydrogens (tertiary/aromatic N) is 1. The van der Waals surface area contributed by atoms with Crippen LogP contribution in [0.1, 0.15) is 16.8 Å². The lowest BCUT2D eigenvalue weighted by atomic mass is 9.99. The van der Waals surface area contributed by atoms with E-state index in [-0.39, 0.29) is 23.8 Å². The number of rotatable bonds is 8. The number of hydrogen-bond acceptors (Lipinski definition) is 5. The highest BCUT2D eigenvalue weighted by Gasteiger charge is 2.25. The Bertz CT molecular complexity index is 1120. The molecule has 0 aliphatic rings. The Balaban J connectivity index is 1.98. The Hall–Kier alpha value is -3.66. The summed E-state index contributed by atoms with van der Waals surface area (Å²) in [5.74, 6) is -6.07. The van der Waals surface area contributed by atoms with Crippen molar-refractivity contribution < 1.29 is 31.8 Å². The van der Waals surface area contributed by atoms with Crippen LogP contribution >= 0.6 is 0 Å². The van der Waals surface area contributed by atoms with Crippen molar-refractivity contribution in [3.63, 3.8) is 0 Å². The number of nitrogens with two attached hydrogens (primary N) is 1. The van der Waals surface area contributed by atoms with Gasteiger partial charge in [-0.05, 0) is 25.1 Å². The molecule has 0 aliphatic carbocycles. The fraction of sp³-hybridized carbons (Fsp3) is 0.182. The van der Waals surface area contributed by atoms with Crippen LogP contribution in [0.3, 0.4) is 0 Å². The lowest BCUT2D eigenvalue weighted by molar-refractivity contribution is 0.102. The van der Waals surface area contributed by atoms with Crippen LogP contribution in [0, 0.1) is 23.3 Å². The highest BCUT2D eigenvalue weighted by Crippen LogP contribution is 2.35. The smallest absolute Gasteiger partial charge is 0.258 e. The Labute approximate surface area is 181 Å². The van der Waals surface area contributed by atoms with Gasteiger partial charge in [-0.15, -0.1) is 0 Å². The zero-order valence-electron chi connectivity index (χ0n) is 16.9. The number of amides is 1. The summed E-state index contributed by atoms with van der Waals surface area (Å²) in [5, 5.41) is 2.41. The molecule has 0 spiro atoms. The van der Waals surface area contributed by atoms with Gasteiger partial charge in [0.05, 0.1) is 36.6 Å². The number of carbonyl (C=O) groups is 1. The van der Waals surface area contributed by atoms with Gasteiger partial charge in [0, 0.05) is 24.4 Å². The summed E-state index contributed by atoms with van der Waals surface area (Å²) >= 11 is 0. The molecule has 0 radical (unpaired) electrons. The first-order valence-corrected chi connectivity index (χ1v) is 9.47.